The fourth-order valence-electron chi connectivity index (χ4n) is 1.25. The number of ketones is 1. The van der Waals surface area contributed by atoms with Crippen LogP contribution in [0.1, 0.15) is 29.3 Å². The van der Waals surface area contributed by atoms with Crippen LogP contribution in [-0.2, 0) is 4.79 Å². The highest BCUT2D eigenvalue weighted by atomic mass is 79.9. The van der Waals surface area contributed by atoms with E-state index in [0.717, 1.165) is 0 Å². The summed E-state index contributed by atoms with van der Waals surface area (Å²) in [4.78, 5) is 10.6. The van der Waals surface area contributed by atoms with Gasteiger partial charge < -0.3 is 0 Å². The maximum atomic E-state index is 12.7. The molecule has 0 saturated carbocycles. The fraction of sp³-hybridized carbons (Fsp3) is 0.300. The predicted molar refractivity (Wildman–Crippen MR) is 61.0 cm³/mol. The molecule has 0 N–H and O–H groups in total. The minimum atomic E-state index is -2.63. The zero-order valence-corrected chi connectivity index (χ0v) is 10.4. The van der Waals surface area contributed by atoms with Gasteiger partial charge in [-0.2, -0.15) is 0 Å². The molecular weight excluding hydrogens is 286 g/mol. The number of rotatable bonds is 3. The molecule has 0 saturated heterocycles. The van der Waals surface area contributed by atoms with Gasteiger partial charge in [0.05, 0.1) is 4.83 Å². The maximum absolute atomic E-state index is 12.7. The fourth-order valence-corrected chi connectivity index (χ4v) is 1.96. The van der Waals surface area contributed by atoms with Crippen molar-refractivity contribution in [2.75, 3.05) is 0 Å². The summed E-state index contributed by atoms with van der Waals surface area (Å²) in [6.07, 6.45) is -2.63. The molecule has 1 unspecified atom stereocenters. The lowest BCUT2D eigenvalue weighted by Crippen LogP contribution is -2.05. The van der Waals surface area contributed by atoms with Gasteiger partial charge in [0.1, 0.15) is 5.78 Å². The van der Waals surface area contributed by atoms with Crippen LogP contribution in [0.3, 0.4) is 0 Å². The van der Waals surface area contributed by atoms with Crippen LogP contribution in [0.15, 0.2) is 23.1 Å². The molecule has 1 rings (SSSR count). The lowest BCUT2D eigenvalue weighted by Gasteiger charge is -2.14. The Morgan fingerprint density at radius 1 is 1.47 bits per heavy atom. The van der Waals surface area contributed by atoms with Crippen LogP contribution in [0.2, 0.25) is 0 Å². The van der Waals surface area contributed by atoms with E-state index in [-0.39, 0.29) is 21.8 Å². The third-order valence-corrected chi connectivity index (χ3v) is 3.49. The van der Waals surface area contributed by atoms with Gasteiger partial charge in [0.15, 0.2) is 0 Å². The largest absolute Gasteiger partial charge is 0.298 e. The normalized spacial score (nSPS) is 12.9. The van der Waals surface area contributed by atoms with Crippen molar-refractivity contribution in [2.45, 2.75) is 23.1 Å². The monoisotopic (exact) mass is 294 g/mol. The second kappa shape index (κ2) is 5.07. The standard InChI is InChI=1S/C10H9BrF2OS/c1-5(14)9(11)6-3-2-4-7(15)8(6)10(12)13/h2-4,9-10,15H,1H3. The Hall–Kier alpha value is -0.420. The zero-order valence-electron chi connectivity index (χ0n) is 7.88. The molecule has 0 aromatic heterocycles. The molecule has 0 fully saturated rings. The summed E-state index contributed by atoms with van der Waals surface area (Å²) >= 11 is 7.04. The number of hydrogen-bond donors (Lipinski definition) is 1. The van der Waals surface area contributed by atoms with Crippen LogP contribution in [0.25, 0.3) is 0 Å². The molecular formula is C10H9BrF2OS. The van der Waals surface area contributed by atoms with E-state index in [1.54, 1.807) is 6.07 Å². The van der Waals surface area contributed by atoms with E-state index in [1.165, 1.54) is 19.1 Å². The summed E-state index contributed by atoms with van der Waals surface area (Å²) in [7, 11) is 0. The molecule has 0 radical (unpaired) electrons. The average molecular weight is 295 g/mol. The highest BCUT2D eigenvalue weighted by Crippen LogP contribution is 2.36. The molecule has 82 valence electrons. The maximum Gasteiger partial charge on any atom is 0.265 e. The molecule has 0 spiro atoms. The smallest absolute Gasteiger partial charge is 0.265 e. The highest BCUT2D eigenvalue weighted by molar-refractivity contribution is 9.09. The van der Waals surface area contributed by atoms with Crippen LogP contribution in [0.4, 0.5) is 8.78 Å². The highest BCUT2D eigenvalue weighted by Gasteiger charge is 2.22. The first-order valence-electron chi connectivity index (χ1n) is 4.19. The molecule has 0 aliphatic heterocycles. The third kappa shape index (κ3) is 2.78. The molecule has 1 nitrogen and oxygen atoms in total. The number of halogens is 3. The van der Waals surface area contributed by atoms with E-state index in [0.29, 0.717) is 0 Å². The summed E-state index contributed by atoms with van der Waals surface area (Å²) in [5, 5.41) is 0. The quantitative estimate of drug-likeness (QED) is 0.660. The predicted octanol–water partition coefficient (Wildman–Crippen LogP) is 3.94. The SMILES string of the molecule is CC(=O)C(Br)c1cccc(S)c1C(F)F. The second-order valence-electron chi connectivity index (χ2n) is 3.05. The van der Waals surface area contributed by atoms with Gasteiger partial charge in [-0.05, 0) is 18.6 Å². The Bertz CT molecular complexity index is 382. The van der Waals surface area contributed by atoms with Gasteiger partial charge in [-0.15, -0.1) is 12.6 Å². The van der Waals surface area contributed by atoms with Gasteiger partial charge in [0, 0.05) is 10.5 Å². The first kappa shape index (κ1) is 12.6. The van der Waals surface area contributed by atoms with Crippen LogP contribution >= 0.6 is 28.6 Å². The number of Topliss-reactive ketones (excluding diaryl/α,β-unsaturated/α-hetero) is 1. The number of carbonyl (C=O) groups excluding carboxylic acids is 1. The topological polar surface area (TPSA) is 17.1 Å². The van der Waals surface area contributed by atoms with Crippen LogP contribution in [0, 0.1) is 0 Å². The van der Waals surface area contributed by atoms with Crippen molar-refractivity contribution in [3.05, 3.63) is 29.3 Å². The summed E-state index contributed by atoms with van der Waals surface area (Å²) in [6.45, 7) is 1.35. The molecule has 0 aliphatic rings. The Morgan fingerprint density at radius 3 is 2.53 bits per heavy atom. The number of thiol groups is 1. The first-order valence-corrected chi connectivity index (χ1v) is 5.56. The van der Waals surface area contributed by atoms with E-state index in [4.69, 9.17) is 0 Å². The van der Waals surface area contributed by atoms with Crippen molar-refractivity contribution in [1.29, 1.82) is 0 Å². The Labute approximate surface area is 100 Å². The van der Waals surface area contributed by atoms with Crippen molar-refractivity contribution in [1.82, 2.24) is 0 Å². The number of hydrogen-bond acceptors (Lipinski definition) is 2. The third-order valence-electron chi connectivity index (χ3n) is 1.97. The molecule has 1 aromatic carbocycles. The number of alkyl halides is 3. The minimum Gasteiger partial charge on any atom is -0.298 e. The first-order chi connectivity index (χ1) is 6.95. The van der Waals surface area contributed by atoms with E-state index in [2.05, 4.69) is 28.6 Å². The van der Waals surface area contributed by atoms with Crippen molar-refractivity contribution in [3.63, 3.8) is 0 Å². The zero-order chi connectivity index (χ0) is 11.6. The van der Waals surface area contributed by atoms with E-state index in [1.807, 2.05) is 0 Å². The van der Waals surface area contributed by atoms with Crippen molar-refractivity contribution in [2.24, 2.45) is 0 Å². The van der Waals surface area contributed by atoms with Crippen LogP contribution in [-0.4, -0.2) is 5.78 Å². The van der Waals surface area contributed by atoms with Gasteiger partial charge in [-0.1, -0.05) is 28.1 Å². The lowest BCUT2D eigenvalue weighted by molar-refractivity contribution is -0.116. The molecule has 0 aliphatic carbocycles. The Morgan fingerprint density at radius 2 is 2.07 bits per heavy atom. The van der Waals surface area contributed by atoms with Gasteiger partial charge in [0.25, 0.3) is 6.43 Å². The van der Waals surface area contributed by atoms with Crippen molar-refractivity contribution in [3.8, 4) is 0 Å². The van der Waals surface area contributed by atoms with Gasteiger partial charge in [0.2, 0.25) is 0 Å². The van der Waals surface area contributed by atoms with Crippen LogP contribution in [0.5, 0.6) is 0 Å². The second-order valence-corrected chi connectivity index (χ2v) is 4.45. The summed E-state index contributed by atoms with van der Waals surface area (Å²) in [6, 6.07) is 4.58. The van der Waals surface area contributed by atoms with E-state index in [9.17, 15) is 13.6 Å². The lowest BCUT2D eigenvalue weighted by atomic mass is 10.0. The molecule has 15 heavy (non-hydrogen) atoms. The molecule has 0 amide bonds. The summed E-state index contributed by atoms with van der Waals surface area (Å²) in [5.74, 6) is -0.212. The summed E-state index contributed by atoms with van der Waals surface area (Å²) < 4.78 is 25.5. The van der Waals surface area contributed by atoms with E-state index < -0.39 is 11.3 Å². The molecule has 0 heterocycles. The van der Waals surface area contributed by atoms with Crippen molar-refractivity contribution < 1.29 is 13.6 Å². The molecule has 5 heteroatoms. The molecule has 0 bridgehead atoms. The van der Waals surface area contributed by atoms with Crippen LogP contribution < -0.4 is 0 Å². The van der Waals surface area contributed by atoms with Crippen molar-refractivity contribution >= 4 is 34.3 Å². The Kier molecular flexibility index (Phi) is 4.28. The number of carbonyl (C=O) groups is 1. The molecule has 1 aromatic rings. The summed E-state index contributed by atoms with van der Waals surface area (Å²) in [5.41, 5.74) is 0.0999. The Balaban J connectivity index is 3.28. The minimum absolute atomic E-state index is 0.182. The van der Waals surface area contributed by atoms with Gasteiger partial charge >= 0.3 is 0 Å². The van der Waals surface area contributed by atoms with Gasteiger partial charge in [-0.25, -0.2) is 8.78 Å². The number of benzene rings is 1. The van der Waals surface area contributed by atoms with E-state index >= 15 is 0 Å². The average Bonchev–Trinajstić information content (AvgIpc) is 2.15. The molecule has 1 atom stereocenters. The van der Waals surface area contributed by atoms with Gasteiger partial charge in [-0.3, -0.25) is 4.79 Å².